The third-order valence-electron chi connectivity index (χ3n) is 5.68. The predicted octanol–water partition coefficient (Wildman–Crippen LogP) is 3.08. The molecule has 1 aliphatic heterocycles. The van der Waals surface area contributed by atoms with Gasteiger partial charge in [0.15, 0.2) is 0 Å². The Labute approximate surface area is 143 Å². The van der Waals surface area contributed by atoms with Crippen molar-refractivity contribution in [1.29, 1.82) is 0 Å². The Hall–Kier alpha value is -2.04. The van der Waals surface area contributed by atoms with E-state index in [1.54, 1.807) is 11.8 Å². The van der Waals surface area contributed by atoms with Crippen LogP contribution in [-0.4, -0.2) is 41.6 Å². The predicted molar refractivity (Wildman–Crippen MR) is 91.9 cm³/mol. The monoisotopic (exact) mass is 330 g/mol. The topological polar surface area (TPSA) is 69.6 Å². The van der Waals surface area contributed by atoms with Crippen molar-refractivity contribution in [2.45, 2.75) is 38.5 Å². The van der Waals surface area contributed by atoms with Gasteiger partial charge in [0.05, 0.1) is 5.41 Å². The van der Waals surface area contributed by atoms with Gasteiger partial charge in [-0.25, -0.2) is 4.79 Å². The summed E-state index contributed by atoms with van der Waals surface area (Å²) < 4.78 is 0. The summed E-state index contributed by atoms with van der Waals surface area (Å²) in [5, 5.41) is 12.3. The van der Waals surface area contributed by atoms with Gasteiger partial charge in [-0.3, -0.25) is 4.79 Å². The normalized spacial score (nSPS) is 29.6. The molecule has 2 N–H and O–H groups in total. The van der Waals surface area contributed by atoms with Crippen molar-refractivity contribution >= 4 is 12.0 Å². The largest absolute Gasteiger partial charge is 0.481 e. The lowest BCUT2D eigenvalue weighted by molar-refractivity contribution is -0.146. The Morgan fingerprint density at radius 2 is 2.04 bits per heavy atom. The second-order valence-corrected chi connectivity index (χ2v) is 7.43. The number of amides is 2. The van der Waals surface area contributed by atoms with Gasteiger partial charge in [-0.2, -0.15) is 0 Å². The molecular formula is C19H26N2O3. The summed E-state index contributed by atoms with van der Waals surface area (Å²) in [6.07, 6.45) is 4.02. The molecule has 5 heteroatoms. The summed E-state index contributed by atoms with van der Waals surface area (Å²) in [5.74, 6) is 0.150. The van der Waals surface area contributed by atoms with E-state index in [1.807, 2.05) is 6.07 Å². The highest BCUT2D eigenvalue weighted by Crippen LogP contribution is 2.39. The van der Waals surface area contributed by atoms with Crippen molar-refractivity contribution in [3.05, 3.63) is 35.9 Å². The Bertz CT molecular complexity index is 604. The van der Waals surface area contributed by atoms with Gasteiger partial charge in [-0.05, 0) is 43.6 Å². The minimum absolute atomic E-state index is 0.126. The first-order chi connectivity index (χ1) is 11.5. The van der Waals surface area contributed by atoms with Gasteiger partial charge >= 0.3 is 12.0 Å². The number of rotatable bonds is 4. The molecule has 1 saturated carbocycles. The molecule has 3 atom stereocenters. The van der Waals surface area contributed by atoms with E-state index in [-0.39, 0.29) is 6.03 Å². The molecular weight excluding hydrogens is 304 g/mol. The number of likely N-dealkylation sites (tertiary alicyclic amines) is 1. The lowest BCUT2D eigenvalue weighted by Gasteiger charge is -2.24. The Balaban J connectivity index is 1.54. The molecule has 1 aliphatic carbocycles. The number of nitrogens with one attached hydrogen (secondary N) is 1. The van der Waals surface area contributed by atoms with Crippen molar-refractivity contribution in [2.75, 3.05) is 19.6 Å². The minimum atomic E-state index is -0.822. The number of urea groups is 1. The fourth-order valence-electron chi connectivity index (χ4n) is 4.06. The summed E-state index contributed by atoms with van der Waals surface area (Å²) in [5.41, 5.74) is 0.547. The maximum absolute atomic E-state index is 12.4. The van der Waals surface area contributed by atoms with Gasteiger partial charge in [0.2, 0.25) is 0 Å². The number of carbonyl (C=O) groups excluding carboxylic acids is 1. The van der Waals surface area contributed by atoms with Gasteiger partial charge < -0.3 is 15.3 Å². The molecule has 0 spiro atoms. The van der Waals surface area contributed by atoms with Crippen LogP contribution in [0.15, 0.2) is 30.3 Å². The van der Waals surface area contributed by atoms with E-state index in [1.165, 1.54) is 18.4 Å². The third-order valence-corrected chi connectivity index (χ3v) is 5.68. The van der Waals surface area contributed by atoms with Crippen LogP contribution in [0.5, 0.6) is 0 Å². The highest BCUT2D eigenvalue weighted by Gasteiger charge is 2.42. The van der Waals surface area contributed by atoms with Gasteiger partial charge in [-0.15, -0.1) is 0 Å². The number of hydrogen-bond acceptors (Lipinski definition) is 2. The van der Waals surface area contributed by atoms with Crippen molar-refractivity contribution in [3.8, 4) is 0 Å². The summed E-state index contributed by atoms with van der Waals surface area (Å²) in [4.78, 5) is 25.3. The van der Waals surface area contributed by atoms with E-state index >= 15 is 0 Å². The molecule has 0 radical (unpaired) electrons. The summed E-state index contributed by atoms with van der Waals surface area (Å²) in [6.45, 7) is 3.19. The van der Waals surface area contributed by atoms with E-state index in [0.29, 0.717) is 37.9 Å². The molecule has 1 aromatic rings. The zero-order valence-corrected chi connectivity index (χ0v) is 14.2. The van der Waals surface area contributed by atoms with Crippen LogP contribution in [0.1, 0.15) is 44.1 Å². The van der Waals surface area contributed by atoms with Gasteiger partial charge in [0, 0.05) is 19.6 Å². The quantitative estimate of drug-likeness (QED) is 0.891. The zero-order valence-electron chi connectivity index (χ0n) is 14.2. The fraction of sp³-hybridized carbons (Fsp3) is 0.579. The highest BCUT2D eigenvalue weighted by atomic mass is 16.4. The van der Waals surface area contributed by atoms with Gasteiger partial charge in [0.25, 0.3) is 0 Å². The second-order valence-electron chi connectivity index (χ2n) is 7.43. The van der Waals surface area contributed by atoms with E-state index in [0.717, 1.165) is 6.42 Å². The minimum Gasteiger partial charge on any atom is -0.481 e. The van der Waals surface area contributed by atoms with E-state index in [2.05, 4.69) is 29.6 Å². The first-order valence-corrected chi connectivity index (χ1v) is 8.81. The van der Waals surface area contributed by atoms with Crippen LogP contribution in [0.25, 0.3) is 0 Å². The number of carboxylic acids is 1. The average Bonchev–Trinajstić information content (AvgIpc) is 3.21. The number of carbonyl (C=O) groups is 2. The first-order valence-electron chi connectivity index (χ1n) is 8.81. The van der Waals surface area contributed by atoms with Gasteiger partial charge in [0.1, 0.15) is 0 Å². The number of carboxylic acid groups (broad SMARTS) is 1. The smallest absolute Gasteiger partial charge is 0.317 e. The summed E-state index contributed by atoms with van der Waals surface area (Å²) in [7, 11) is 0. The van der Waals surface area contributed by atoms with E-state index < -0.39 is 11.4 Å². The van der Waals surface area contributed by atoms with Crippen molar-refractivity contribution < 1.29 is 14.7 Å². The van der Waals surface area contributed by atoms with Crippen LogP contribution in [-0.2, 0) is 4.79 Å². The lowest BCUT2D eigenvalue weighted by atomic mass is 9.89. The third kappa shape index (κ3) is 3.40. The molecule has 2 fully saturated rings. The molecule has 24 heavy (non-hydrogen) atoms. The fourth-order valence-corrected chi connectivity index (χ4v) is 4.06. The number of nitrogens with zero attached hydrogens (tertiary/aromatic N) is 1. The molecule has 5 nitrogen and oxygen atoms in total. The van der Waals surface area contributed by atoms with E-state index in [4.69, 9.17) is 0 Å². The molecule has 130 valence electrons. The van der Waals surface area contributed by atoms with Crippen LogP contribution in [0, 0.1) is 11.3 Å². The second kappa shape index (κ2) is 6.83. The maximum atomic E-state index is 12.4. The maximum Gasteiger partial charge on any atom is 0.317 e. The molecule has 1 aromatic carbocycles. The van der Waals surface area contributed by atoms with Crippen LogP contribution in [0.4, 0.5) is 4.79 Å². The lowest BCUT2D eigenvalue weighted by Crippen LogP contribution is -2.42. The number of aliphatic carboxylic acids is 1. The highest BCUT2D eigenvalue weighted by molar-refractivity contribution is 5.79. The summed E-state index contributed by atoms with van der Waals surface area (Å²) in [6, 6.07) is 10.4. The molecule has 1 saturated heterocycles. The molecule has 3 unspecified atom stereocenters. The standard InChI is InChI=1S/C19H26N2O3/c1-19(17(22)23)10-11-21(13-19)18(24)20-12-15-8-5-9-16(15)14-6-3-2-4-7-14/h2-4,6-7,15-16H,5,8-13H2,1H3,(H,20,24)(H,22,23). The van der Waals surface area contributed by atoms with Crippen LogP contribution in [0.3, 0.4) is 0 Å². The summed E-state index contributed by atoms with van der Waals surface area (Å²) >= 11 is 0. The van der Waals surface area contributed by atoms with E-state index in [9.17, 15) is 14.7 Å². The van der Waals surface area contributed by atoms with Crippen LogP contribution >= 0.6 is 0 Å². The molecule has 0 aromatic heterocycles. The molecule has 2 amide bonds. The van der Waals surface area contributed by atoms with Crippen molar-refractivity contribution in [1.82, 2.24) is 10.2 Å². The Morgan fingerprint density at radius 3 is 2.71 bits per heavy atom. The van der Waals surface area contributed by atoms with Crippen molar-refractivity contribution in [3.63, 3.8) is 0 Å². The van der Waals surface area contributed by atoms with Crippen LogP contribution < -0.4 is 5.32 Å². The van der Waals surface area contributed by atoms with Crippen molar-refractivity contribution in [2.24, 2.45) is 11.3 Å². The average molecular weight is 330 g/mol. The number of benzene rings is 1. The van der Waals surface area contributed by atoms with Gasteiger partial charge in [-0.1, -0.05) is 36.8 Å². The molecule has 3 rings (SSSR count). The Morgan fingerprint density at radius 1 is 1.29 bits per heavy atom. The Kier molecular flexibility index (Phi) is 4.78. The zero-order chi connectivity index (χ0) is 17.2. The molecule has 1 heterocycles. The SMILES string of the molecule is CC1(C(=O)O)CCN(C(=O)NCC2CCCC2c2ccccc2)C1. The first kappa shape index (κ1) is 16.8. The molecule has 0 bridgehead atoms. The number of hydrogen-bond donors (Lipinski definition) is 2. The molecule has 2 aliphatic rings. The van der Waals surface area contributed by atoms with Crippen LogP contribution in [0.2, 0.25) is 0 Å².